The van der Waals surface area contributed by atoms with Gasteiger partial charge >= 0.3 is 0 Å². The Labute approximate surface area is 101 Å². The maximum atomic E-state index is 5.63. The molecular formula is C14H16N2O. The molecule has 0 N–H and O–H groups in total. The van der Waals surface area contributed by atoms with E-state index >= 15 is 0 Å². The molecule has 0 aliphatic rings. The number of allylic oxidation sites excluding steroid dienone is 2. The summed E-state index contributed by atoms with van der Waals surface area (Å²) in [5, 5.41) is 0. The maximum absolute atomic E-state index is 5.63. The summed E-state index contributed by atoms with van der Waals surface area (Å²) in [6, 6.07) is 7.97. The van der Waals surface area contributed by atoms with Crippen molar-refractivity contribution in [2.45, 2.75) is 13.8 Å². The number of rotatable bonds is 4. The summed E-state index contributed by atoms with van der Waals surface area (Å²) in [5.74, 6) is 0.758. The summed E-state index contributed by atoms with van der Waals surface area (Å²) < 4.78 is 7.57. The van der Waals surface area contributed by atoms with Gasteiger partial charge in [0.05, 0.1) is 17.6 Å². The van der Waals surface area contributed by atoms with Crippen molar-refractivity contribution in [2.75, 3.05) is 6.61 Å². The Morgan fingerprint density at radius 2 is 2.24 bits per heavy atom. The van der Waals surface area contributed by atoms with Gasteiger partial charge in [-0.05, 0) is 26.0 Å². The minimum atomic E-state index is 0.617. The molecule has 0 spiro atoms. The van der Waals surface area contributed by atoms with Crippen molar-refractivity contribution in [1.82, 2.24) is 9.55 Å². The first-order valence-electron chi connectivity index (χ1n) is 5.65. The lowest BCUT2D eigenvalue weighted by Crippen LogP contribution is -2.00. The van der Waals surface area contributed by atoms with Gasteiger partial charge in [-0.15, -0.1) is 0 Å². The molecule has 0 amide bonds. The standard InChI is InChI=1S/C14H16N2O/c1-4-17-14(9-11(2)3)16-10-15-12-7-5-6-8-13(12)16/h5-10H,2,4H2,1,3H3/b14-9+. The number of nitrogens with zero attached hydrogens (tertiary/aromatic N) is 2. The molecule has 1 heterocycles. The van der Waals surface area contributed by atoms with E-state index in [0.717, 1.165) is 22.5 Å². The Balaban J connectivity index is 2.52. The molecule has 3 nitrogen and oxygen atoms in total. The van der Waals surface area contributed by atoms with Crippen molar-refractivity contribution in [1.29, 1.82) is 0 Å². The predicted octanol–water partition coefficient (Wildman–Crippen LogP) is 3.45. The SMILES string of the molecule is C=C(C)/C=C(/OCC)n1cnc2ccccc21. The van der Waals surface area contributed by atoms with Crippen LogP contribution in [0, 0.1) is 0 Å². The van der Waals surface area contributed by atoms with Gasteiger partial charge in [0, 0.05) is 6.08 Å². The van der Waals surface area contributed by atoms with E-state index in [-0.39, 0.29) is 0 Å². The van der Waals surface area contributed by atoms with Crippen LogP contribution in [0.15, 0.2) is 48.8 Å². The van der Waals surface area contributed by atoms with Crippen LogP contribution in [-0.4, -0.2) is 16.2 Å². The fraction of sp³-hybridized carbons (Fsp3) is 0.214. The highest BCUT2D eigenvalue weighted by Crippen LogP contribution is 2.18. The predicted molar refractivity (Wildman–Crippen MR) is 70.4 cm³/mol. The fourth-order valence-electron chi connectivity index (χ4n) is 1.67. The molecule has 1 aromatic carbocycles. The first kappa shape index (κ1) is 11.5. The first-order chi connectivity index (χ1) is 8.22. The Morgan fingerprint density at radius 3 is 2.94 bits per heavy atom. The van der Waals surface area contributed by atoms with Gasteiger partial charge in [0.1, 0.15) is 6.33 Å². The van der Waals surface area contributed by atoms with Crippen molar-refractivity contribution < 1.29 is 4.74 Å². The van der Waals surface area contributed by atoms with E-state index in [2.05, 4.69) is 11.6 Å². The number of hydrogen-bond donors (Lipinski definition) is 0. The number of fused-ring (bicyclic) bond motifs is 1. The number of hydrogen-bond acceptors (Lipinski definition) is 2. The third-order valence-corrected chi connectivity index (χ3v) is 2.35. The molecule has 0 aliphatic heterocycles. The summed E-state index contributed by atoms with van der Waals surface area (Å²) >= 11 is 0. The molecule has 17 heavy (non-hydrogen) atoms. The average molecular weight is 228 g/mol. The lowest BCUT2D eigenvalue weighted by atomic mass is 10.3. The van der Waals surface area contributed by atoms with Crippen molar-refractivity contribution in [3.8, 4) is 0 Å². The van der Waals surface area contributed by atoms with Crippen LogP contribution in [0.3, 0.4) is 0 Å². The van der Waals surface area contributed by atoms with Gasteiger partial charge in [0.2, 0.25) is 0 Å². The van der Waals surface area contributed by atoms with E-state index in [4.69, 9.17) is 4.74 Å². The highest BCUT2D eigenvalue weighted by molar-refractivity contribution is 5.78. The lowest BCUT2D eigenvalue weighted by Gasteiger charge is -2.10. The van der Waals surface area contributed by atoms with E-state index in [1.54, 1.807) is 6.33 Å². The van der Waals surface area contributed by atoms with E-state index < -0.39 is 0 Å². The monoisotopic (exact) mass is 228 g/mol. The molecule has 0 unspecified atom stereocenters. The largest absolute Gasteiger partial charge is 0.479 e. The molecule has 0 atom stereocenters. The van der Waals surface area contributed by atoms with Crippen molar-refractivity contribution in [2.24, 2.45) is 0 Å². The Bertz CT molecular complexity index is 566. The minimum Gasteiger partial charge on any atom is -0.479 e. The van der Waals surface area contributed by atoms with Gasteiger partial charge < -0.3 is 4.74 Å². The van der Waals surface area contributed by atoms with Crippen LogP contribution in [0.1, 0.15) is 13.8 Å². The second-order valence-electron chi connectivity index (χ2n) is 3.87. The summed E-state index contributed by atoms with van der Waals surface area (Å²) in [6.45, 7) is 8.40. The summed E-state index contributed by atoms with van der Waals surface area (Å²) in [6.07, 6.45) is 3.69. The van der Waals surface area contributed by atoms with Crippen LogP contribution in [0.5, 0.6) is 0 Å². The molecule has 1 aromatic heterocycles. The maximum Gasteiger partial charge on any atom is 0.199 e. The smallest absolute Gasteiger partial charge is 0.199 e. The number of ether oxygens (including phenoxy) is 1. The van der Waals surface area contributed by atoms with Gasteiger partial charge in [0.25, 0.3) is 0 Å². The van der Waals surface area contributed by atoms with Crippen LogP contribution >= 0.6 is 0 Å². The van der Waals surface area contributed by atoms with Gasteiger partial charge in [-0.3, -0.25) is 4.57 Å². The summed E-state index contributed by atoms with van der Waals surface area (Å²) in [7, 11) is 0. The molecule has 88 valence electrons. The van der Waals surface area contributed by atoms with E-state index in [9.17, 15) is 0 Å². The quantitative estimate of drug-likeness (QED) is 0.592. The van der Waals surface area contributed by atoms with Crippen LogP contribution in [-0.2, 0) is 4.74 Å². The molecular weight excluding hydrogens is 212 g/mol. The van der Waals surface area contributed by atoms with Crippen molar-refractivity contribution in [3.05, 3.63) is 48.8 Å². The Morgan fingerprint density at radius 1 is 1.47 bits per heavy atom. The molecule has 2 aromatic rings. The van der Waals surface area contributed by atoms with E-state index in [1.807, 2.05) is 48.8 Å². The Hall–Kier alpha value is -2.03. The zero-order valence-corrected chi connectivity index (χ0v) is 10.2. The second kappa shape index (κ2) is 4.87. The molecule has 0 aliphatic carbocycles. The highest BCUT2D eigenvalue weighted by Gasteiger charge is 2.06. The average Bonchev–Trinajstić information content (AvgIpc) is 2.71. The molecule has 0 bridgehead atoms. The number of imidazole rings is 1. The van der Waals surface area contributed by atoms with Crippen molar-refractivity contribution >= 4 is 16.9 Å². The summed E-state index contributed by atoms with van der Waals surface area (Å²) in [5.41, 5.74) is 2.94. The third-order valence-electron chi connectivity index (χ3n) is 2.35. The van der Waals surface area contributed by atoms with Gasteiger partial charge in [0.15, 0.2) is 5.88 Å². The second-order valence-corrected chi connectivity index (χ2v) is 3.87. The fourth-order valence-corrected chi connectivity index (χ4v) is 1.67. The minimum absolute atomic E-state index is 0.617. The Kier molecular flexibility index (Phi) is 3.28. The molecule has 0 saturated heterocycles. The van der Waals surface area contributed by atoms with Gasteiger partial charge in [-0.2, -0.15) is 0 Å². The molecule has 0 fully saturated rings. The zero-order chi connectivity index (χ0) is 12.3. The number of benzene rings is 1. The van der Waals surface area contributed by atoms with Crippen molar-refractivity contribution in [3.63, 3.8) is 0 Å². The number of aromatic nitrogens is 2. The normalized spacial score (nSPS) is 11.8. The summed E-state index contributed by atoms with van der Waals surface area (Å²) in [4.78, 5) is 4.34. The zero-order valence-electron chi connectivity index (χ0n) is 10.2. The van der Waals surface area contributed by atoms with Crippen LogP contribution in [0.4, 0.5) is 0 Å². The van der Waals surface area contributed by atoms with E-state index in [0.29, 0.717) is 6.61 Å². The molecule has 3 heteroatoms. The topological polar surface area (TPSA) is 27.1 Å². The number of para-hydroxylation sites is 2. The van der Waals surface area contributed by atoms with Gasteiger partial charge in [-0.25, -0.2) is 4.98 Å². The molecule has 0 radical (unpaired) electrons. The van der Waals surface area contributed by atoms with Gasteiger partial charge in [-0.1, -0.05) is 24.3 Å². The molecule has 0 saturated carbocycles. The van der Waals surface area contributed by atoms with Crippen LogP contribution < -0.4 is 0 Å². The van der Waals surface area contributed by atoms with Crippen LogP contribution in [0.2, 0.25) is 0 Å². The lowest BCUT2D eigenvalue weighted by molar-refractivity contribution is 0.278. The van der Waals surface area contributed by atoms with Crippen LogP contribution in [0.25, 0.3) is 16.9 Å². The first-order valence-corrected chi connectivity index (χ1v) is 5.65. The highest BCUT2D eigenvalue weighted by atomic mass is 16.5. The molecule has 2 rings (SSSR count). The third kappa shape index (κ3) is 2.38. The van der Waals surface area contributed by atoms with E-state index in [1.165, 1.54) is 0 Å².